The molecule has 7 heteroatoms. The SMILES string of the molecule is O=C([O-])c1cccc2cccnc12.O=C([O-])c1cccc2cccnc12.[Pd+2]. The second kappa shape index (κ2) is 8.99. The number of fused-ring (bicyclic) bond motifs is 2. The monoisotopic (exact) mass is 450 g/mol. The van der Waals surface area contributed by atoms with E-state index >= 15 is 0 Å². The summed E-state index contributed by atoms with van der Waals surface area (Å²) in [7, 11) is 0. The Morgan fingerprint density at radius 3 is 1.37 bits per heavy atom. The molecule has 0 radical (unpaired) electrons. The van der Waals surface area contributed by atoms with E-state index in [0.717, 1.165) is 10.8 Å². The number of rotatable bonds is 2. The Bertz CT molecular complexity index is 1020. The van der Waals surface area contributed by atoms with Gasteiger partial charge in [-0.25, -0.2) is 0 Å². The van der Waals surface area contributed by atoms with Crippen molar-refractivity contribution in [2.45, 2.75) is 0 Å². The second-order valence-electron chi connectivity index (χ2n) is 5.34. The molecule has 0 saturated carbocycles. The normalized spacial score (nSPS) is 9.78. The molecule has 27 heavy (non-hydrogen) atoms. The summed E-state index contributed by atoms with van der Waals surface area (Å²) in [5.41, 5.74) is 1.23. The molecule has 136 valence electrons. The van der Waals surface area contributed by atoms with Gasteiger partial charge >= 0.3 is 20.4 Å². The van der Waals surface area contributed by atoms with Gasteiger partial charge in [0.2, 0.25) is 0 Å². The van der Waals surface area contributed by atoms with Crippen molar-refractivity contribution >= 4 is 33.7 Å². The number of hydrogen-bond donors (Lipinski definition) is 0. The molecular weight excluding hydrogens is 439 g/mol. The first-order valence-electron chi connectivity index (χ1n) is 7.68. The van der Waals surface area contributed by atoms with Gasteiger partial charge in [0.15, 0.2) is 0 Å². The number of aromatic carboxylic acids is 2. The van der Waals surface area contributed by atoms with Gasteiger partial charge in [-0.3, -0.25) is 9.97 Å². The molecule has 0 spiro atoms. The summed E-state index contributed by atoms with van der Waals surface area (Å²) < 4.78 is 0. The Kier molecular flexibility index (Phi) is 6.72. The molecule has 0 atom stereocenters. The smallest absolute Gasteiger partial charge is 0.545 e. The molecule has 4 aromatic rings. The van der Waals surface area contributed by atoms with Crippen LogP contribution in [0.5, 0.6) is 0 Å². The summed E-state index contributed by atoms with van der Waals surface area (Å²) in [6, 6.07) is 17.1. The average molecular weight is 451 g/mol. The molecule has 2 aromatic carbocycles. The third-order valence-corrected chi connectivity index (χ3v) is 3.71. The quantitative estimate of drug-likeness (QED) is 0.425. The topological polar surface area (TPSA) is 106 Å². The molecule has 0 amide bonds. The van der Waals surface area contributed by atoms with E-state index in [1.54, 1.807) is 36.7 Å². The summed E-state index contributed by atoms with van der Waals surface area (Å²) >= 11 is 0. The van der Waals surface area contributed by atoms with Gasteiger partial charge in [-0.05, 0) is 12.1 Å². The average Bonchev–Trinajstić information content (AvgIpc) is 2.67. The van der Waals surface area contributed by atoms with E-state index in [-0.39, 0.29) is 31.5 Å². The number of nitrogens with zero attached hydrogens (tertiary/aromatic N) is 2. The molecular formula is C20H12N2O4Pd. The fourth-order valence-electron chi connectivity index (χ4n) is 2.54. The number of carbonyl (C=O) groups is 2. The molecule has 0 aliphatic rings. The molecule has 0 aliphatic carbocycles. The number of carbonyl (C=O) groups excluding carboxylic acids is 2. The zero-order valence-corrected chi connectivity index (χ0v) is 15.3. The first-order valence-corrected chi connectivity index (χ1v) is 7.68. The predicted octanol–water partition coefficient (Wildman–Crippen LogP) is 1.19. The van der Waals surface area contributed by atoms with E-state index in [2.05, 4.69) is 9.97 Å². The first-order chi connectivity index (χ1) is 12.6. The maximum Gasteiger partial charge on any atom is 2.00 e. The van der Waals surface area contributed by atoms with Crippen LogP contribution in [0.1, 0.15) is 20.7 Å². The van der Waals surface area contributed by atoms with Crippen molar-refractivity contribution in [3.8, 4) is 0 Å². The minimum Gasteiger partial charge on any atom is -0.545 e. The molecule has 6 nitrogen and oxygen atoms in total. The third kappa shape index (κ3) is 4.53. The van der Waals surface area contributed by atoms with Crippen molar-refractivity contribution in [3.05, 3.63) is 84.2 Å². The third-order valence-electron chi connectivity index (χ3n) is 3.71. The first kappa shape index (κ1) is 20.2. The fraction of sp³-hybridized carbons (Fsp3) is 0. The maximum atomic E-state index is 10.7. The Labute approximate surface area is 168 Å². The zero-order valence-electron chi connectivity index (χ0n) is 13.8. The van der Waals surface area contributed by atoms with Crippen LogP contribution in [0, 0.1) is 0 Å². The number of carboxylic acid groups (broad SMARTS) is 2. The number of hydrogen-bond acceptors (Lipinski definition) is 6. The molecule has 0 unspecified atom stereocenters. The van der Waals surface area contributed by atoms with Gasteiger partial charge in [0, 0.05) is 34.3 Å². The van der Waals surface area contributed by atoms with Crippen LogP contribution >= 0.6 is 0 Å². The summed E-state index contributed by atoms with van der Waals surface area (Å²) in [6.45, 7) is 0. The van der Waals surface area contributed by atoms with Gasteiger partial charge in [-0.2, -0.15) is 0 Å². The Balaban J connectivity index is 0.000000187. The number of benzene rings is 2. The maximum absolute atomic E-state index is 10.7. The van der Waals surface area contributed by atoms with E-state index in [1.807, 2.05) is 24.3 Å². The molecule has 0 aliphatic heterocycles. The van der Waals surface area contributed by atoms with Crippen LogP contribution in [0.25, 0.3) is 21.8 Å². The molecule has 0 N–H and O–H groups in total. The number of aromatic nitrogens is 2. The van der Waals surface area contributed by atoms with E-state index in [4.69, 9.17) is 0 Å². The summed E-state index contributed by atoms with van der Waals surface area (Å²) in [5.74, 6) is -2.38. The Hall–Kier alpha value is -3.14. The van der Waals surface area contributed by atoms with Crippen molar-refractivity contribution in [2.24, 2.45) is 0 Å². The van der Waals surface area contributed by atoms with Crippen LogP contribution < -0.4 is 10.2 Å². The van der Waals surface area contributed by atoms with Crippen LogP contribution in [-0.4, -0.2) is 21.9 Å². The van der Waals surface area contributed by atoms with Gasteiger partial charge in [0.25, 0.3) is 0 Å². The van der Waals surface area contributed by atoms with Crippen LogP contribution in [0.2, 0.25) is 0 Å². The van der Waals surface area contributed by atoms with Gasteiger partial charge in [0.05, 0.1) is 23.0 Å². The van der Waals surface area contributed by atoms with E-state index in [9.17, 15) is 19.8 Å². The molecule has 0 saturated heterocycles. The van der Waals surface area contributed by atoms with Crippen molar-refractivity contribution in [3.63, 3.8) is 0 Å². The number of para-hydroxylation sites is 2. The molecule has 2 heterocycles. The second-order valence-corrected chi connectivity index (χ2v) is 5.34. The fourth-order valence-corrected chi connectivity index (χ4v) is 2.54. The summed E-state index contributed by atoms with van der Waals surface area (Å²) in [6.07, 6.45) is 3.13. The van der Waals surface area contributed by atoms with Crippen LogP contribution in [0.15, 0.2) is 73.1 Å². The van der Waals surface area contributed by atoms with Crippen molar-refractivity contribution in [1.82, 2.24) is 9.97 Å². The minimum absolute atomic E-state index is 0. The number of pyridine rings is 2. The molecule has 2 aromatic heterocycles. The van der Waals surface area contributed by atoms with Gasteiger partial charge < -0.3 is 19.8 Å². The predicted molar refractivity (Wildman–Crippen MR) is 92.1 cm³/mol. The zero-order chi connectivity index (χ0) is 18.5. The standard InChI is InChI=1S/2C10H7NO2.Pd/c2*12-10(13)8-5-1-3-7-4-2-6-11-9(7)8;/h2*1-6H,(H,12,13);/q;;+2/p-2. The van der Waals surface area contributed by atoms with Crippen LogP contribution in [0.3, 0.4) is 0 Å². The number of carboxylic acids is 2. The molecule has 0 fully saturated rings. The van der Waals surface area contributed by atoms with Crippen molar-refractivity contribution in [1.29, 1.82) is 0 Å². The van der Waals surface area contributed by atoms with Gasteiger partial charge in [0.1, 0.15) is 0 Å². The van der Waals surface area contributed by atoms with Crippen molar-refractivity contribution < 1.29 is 40.2 Å². The van der Waals surface area contributed by atoms with Gasteiger partial charge in [-0.1, -0.05) is 48.5 Å². The van der Waals surface area contributed by atoms with E-state index in [1.165, 1.54) is 12.1 Å². The van der Waals surface area contributed by atoms with Crippen molar-refractivity contribution in [2.75, 3.05) is 0 Å². The van der Waals surface area contributed by atoms with E-state index in [0.29, 0.717) is 11.0 Å². The molecule has 0 bridgehead atoms. The summed E-state index contributed by atoms with van der Waals surface area (Å²) in [4.78, 5) is 29.3. The molecule has 4 rings (SSSR count). The van der Waals surface area contributed by atoms with E-state index < -0.39 is 11.9 Å². The Morgan fingerprint density at radius 1 is 0.630 bits per heavy atom. The van der Waals surface area contributed by atoms with Gasteiger partial charge in [-0.15, -0.1) is 0 Å². The minimum atomic E-state index is -1.19. The van der Waals surface area contributed by atoms with Crippen LogP contribution in [-0.2, 0) is 20.4 Å². The van der Waals surface area contributed by atoms with Crippen LogP contribution in [0.4, 0.5) is 0 Å². The summed E-state index contributed by atoms with van der Waals surface area (Å²) in [5, 5.41) is 22.9. The Morgan fingerprint density at radius 2 is 1.00 bits per heavy atom. The largest absolute Gasteiger partial charge is 2.00 e.